The Morgan fingerprint density at radius 1 is 0.955 bits per heavy atom. The van der Waals surface area contributed by atoms with Crippen LogP contribution in [0.2, 0.25) is 0 Å². The third-order valence-corrected chi connectivity index (χ3v) is 2.77. The van der Waals surface area contributed by atoms with Gasteiger partial charge in [0.05, 0.1) is 11.7 Å². The summed E-state index contributed by atoms with van der Waals surface area (Å²) in [6.45, 7) is 3.53. The van der Waals surface area contributed by atoms with Crippen molar-refractivity contribution in [1.82, 2.24) is 0 Å². The second-order valence-corrected chi connectivity index (χ2v) is 4.89. The first-order valence-electron chi connectivity index (χ1n) is 6.78. The highest BCUT2D eigenvalue weighted by atomic mass is 16.5. The molecule has 0 radical (unpaired) electrons. The molecule has 0 spiro atoms. The fraction of sp³-hybridized carbons (Fsp3) is 0.176. The summed E-state index contributed by atoms with van der Waals surface area (Å²) in [5, 5.41) is 9.60. The summed E-state index contributed by atoms with van der Waals surface area (Å²) in [7, 11) is 0. The fourth-order valence-corrected chi connectivity index (χ4v) is 1.75. The molecule has 22 heavy (non-hydrogen) atoms. The van der Waals surface area contributed by atoms with Gasteiger partial charge in [-0.3, -0.25) is 0 Å². The fourth-order valence-electron chi connectivity index (χ4n) is 1.75. The van der Waals surface area contributed by atoms with Gasteiger partial charge in [0, 0.05) is 0 Å². The number of hydrogen-bond donors (Lipinski definition) is 1. The summed E-state index contributed by atoms with van der Waals surface area (Å²) in [5.41, 5.74) is 0.446. The van der Waals surface area contributed by atoms with Crippen LogP contribution in [0, 0.1) is 0 Å². The van der Waals surface area contributed by atoms with Gasteiger partial charge in [-0.05, 0) is 50.2 Å². The second-order valence-electron chi connectivity index (χ2n) is 4.89. The Labute approximate surface area is 128 Å². The van der Waals surface area contributed by atoms with Crippen molar-refractivity contribution in [3.05, 3.63) is 59.7 Å². The quantitative estimate of drug-likeness (QED) is 0.693. The maximum atomic E-state index is 11.9. The van der Waals surface area contributed by atoms with E-state index < -0.39 is 11.9 Å². The van der Waals surface area contributed by atoms with Gasteiger partial charge in [-0.1, -0.05) is 12.1 Å². The average Bonchev–Trinajstić information content (AvgIpc) is 2.47. The lowest BCUT2D eigenvalue weighted by molar-refractivity contribution is 0.0378. The number of benzene rings is 2. The summed E-state index contributed by atoms with van der Waals surface area (Å²) in [5.74, 6) is -0.983. The summed E-state index contributed by atoms with van der Waals surface area (Å²) in [6, 6.07) is 12.1. The Hall–Kier alpha value is -2.82. The van der Waals surface area contributed by atoms with Gasteiger partial charge in [0.1, 0.15) is 17.1 Å². The molecule has 0 aromatic heterocycles. The maximum absolute atomic E-state index is 11.9. The second kappa shape index (κ2) is 6.76. The Kier molecular flexibility index (Phi) is 4.78. The van der Waals surface area contributed by atoms with Gasteiger partial charge in [0.25, 0.3) is 0 Å². The van der Waals surface area contributed by atoms with E-state index in [9.17, 15) is 14.7 Å². The largest absolute Gasteiger partial charge is 0.507 e. The normalized spacial score (nSPS) is 10.3. The number of rotatable bonds is 4. The van der Waals surface area contributed by atoms with Crippen molar-refractivity contribution >= 4 is 11.9 Å². The van der Waals surface area contributed by atoms with E-state index in [0.29, 0.717) is 5.56 Å². The lowest BCUT2D eigenvalue weighted by Crippen LogP contribution is -2.12. The van der Waals surface area contributed by atoms with E-state index in [-0.39, 0.29) is 23.2 Å². The third kappa shape index (κ3) is 3.85. The van der Waals surface area contributed by atoms with E-state index in [2.05, 4.69) is 0 Å². The van der Waals surface area contributed by atoms with E-state index in [1.807, 2.05) is 0 Å². The highest BCUT2D eigenvalue weighted by molar-refractivity contribution is 5.94. The Morgan fingerprint density at radius 2 is 1.59 bits per heavy atom. The van der Waals surface area contributed by atoms with Crippen LogP contribution in [0.15, 0.2) is 48.5 Å². The van der Waals surface area contributed by atoms with Gasteiger partial charge in [0.15, 0.2) is 0 Å². The molecule has 0 fully saturated rings. The molecule has 2 rings (SSSR count). The first-order valence-corrected chi connectivity index (χ1v) is 6.78. The minimum Gasteiger partial charge on any atom is -0.507 e. The summed E-state index contributed by atoms with van der Waals surface area (Å²) in [4.78, 5) is 23.6. The molecule has 0 aliphatic carbocycles. The molecule has 0 saturated heterocycles. The zero-order valence-corrected chi connectivity index (χ0v) is 12.3. The molecule has 0 atom stereocenters. The van der Waals surface area contributed by atoms with Gasteiger partial charge in [0.2, 0.25) is 0 Å². The van der Waals surface area contributed by atoms with Crippen molar-refractivity contribution in [3.8, 4) is 11.5 Å². The van der Waals surface area contributed by atoms with E-state index in [0.717, 1.165) is 0 Å². The molecule has 0 aliphatic rings. The number of carbonyl (C=O) groups excluding carboxylic acids is 2. The van der Waals surface area contributed by atoms with Crippen LogP contribution >= 0.6 is 0 Å². The molecule has 5 heteroatoms. The summed E-state index contributed by atoms with van der Waals surface area (Å²) < 4.78 is 10.2. The number of para-hydroxylation sites is 1. The standard InChI is InChI=1S/C17H16O5/c1-11(2)21-16(19)12-7-9-13(10-8-12)22-17(20)14-5-3-4-6-15(14)18/h3-11,18H,1-2H3. The molecule has 114 valence electrons. The molecular formula is C17H16O5. The van der Waals surface area contributed by atoms with E-state index in [1.165, 1.54) is 36.4 Å². The van der Waals surface area contributed by atoms with Crippen molar-refractivity contribution in [2.75, 3.05) is 0 Å². The summed E-state index contributed by atoms with van der Waals surface area (Å²) in [6.07, 6.45) is -0.203. The predicted octanol–water partition coefficient (Wildman–Crippen LogP) is 3.18. The SMILES string of the molecule is CC(C)OC(=O)c1ccc(OC(=O)c2ccccc2O)cc1. The van der Waals surface area contributed by atoms with Crippen molar-refractivity contribution in [2.24, 2.45) is 0 Å². The lowest BCUT2D eigenvalue weighted by Gasteiger charge is -2.09. The summed E-state index contributed by atoms with van der Waals surface area (Å²) >= 11 is 0. The van der Waals surface area contributed by atoms with Crippen LogP contribution in [-0.2, 0) is 4.74 Å². The molecule has 0 amide bonds. The van der Waals surface area contributed by atoms with Crippen molar-refractivity contribution in [3.63, 3.8) is 0 Å². The zero-order valence-electron chi connectivity index (χ0n) is 12.3. The topological polar surface area (TPSA) is 72.8 Å². The molecule has 0 aliphatic heterocycles. The molecular weight excluding hydrogens is 284 g/mol. The van der Waals surface area contributed by atoms with Crippen LogP contribution in [0.5, 0.6) is 11.5 Å². The number of phenols is 1. The monoisotopic (exact) mass is 300 g/mol. The highest BCUT2D eigenvalue weighted by Gasteiger charge is 2.14. The molecule has 0 bridgehead atoms. The average molecular weight is 300 g/mol. The molecule has 1 N–H and O–H groups in total. The first-order chi connectivity index (χ1) is 10.5. The van der Waals surface area contributed by atoms with E-state index >= 15 is 0 Å². The van der Waals surface area contributed by atoms with Gasteiger partial charge in [-0.2, -0.15) is 0 Å². The van der Waals surface area contributed by atoms with Crippen LogP contribution in [0.1, 0.15) is 34.6 Å². The number of aromatic hydroxyl groups is 1. The van der Waals surface area contributed by atoms with Crippen LogP contribution in [-0.4, -0.2) is 23.1 Å². The third-order valence-electron chi connectivity index (χ3n) is 2.77. The van der Waals surface area contributed by atoms with E-state index in [4.69, 9.17) is 9.47 Å². The Balaban J connectivity index is 2.07. The van der Waals surface area contributed by atoms with E-state index in [1.54, 1.807) is 26.0 Å². The lowest BCUT2D eigenvalue weighted by atomic mass is 10.2. The van der Waals surface area contributed by atoms with Crippen molar-refractivity contribution < 1.29 is 24.2 Å². The maximum Gasteiger partial charge on any atom is 0.347 e. The smallest absolute Gasteiger partial charge is 0.347 e. The molecule has 0 heterocycles. The van der Waals surface area contributed by atoms with Crippen LogP contribution in [0.4, 0.5) is 0 Å². The number of hydrogen-bond acceptors (Lipinski definition) is 5. The van der Waals surface area contributed by atoms with Crippen LogP contribution < -0.4 is 4.74 Å². The molecule has 2 aromatic carbocycles. The van der Waals surface area contributed by atoms with Gasteiger partial charge in [-0.15, -0.1) is 0 Å². The number of ether oxygens (including phenoxy) is 2. The van der Waals surface area contributed by atoms with Crippen molar-refractivity contribution in [2.45, 2.75) is 20.0 Å². The van der Waals surface area contributed by atoms with Gasteiger partial charge >= 0.3 is 11.9 Å². The van der Waals surface area contributed by atoms with Gasteiger partial charge < -0.3 is 14.6 Å². The Bertz CT molecular complexity index is 674. The number of carbonyl (C=O) groups is 2. The number of esters is 2. The molecule has 0 saturated carbocycles. The van der Waals surface area contributed by atoms with Crippen LogP contribution in [0.25, 0.3) is 0 Å². The minimum atomic E-state index is -0.671. The minimum absolute atomic E-state index is 0.0748. The van der Waals surface area contributed by atoms with Gasteiger partial charge in [-0.25, -0.2) is 9.59 Å². The van der Waals surface area contributed by atoms with Crippen LogP contribution in [0.3, 0.4) is 0 Å². The highest BCUT2D eigenvalue weighted by Crippen LogP contribution is 2.20. The molecule has 5 nitrogen and oxygen atoms in total. The Morgan fingerprint density at radius 3 is 2.18 bits per heavy atom. The molecule has 0 unspecified atom stereocenters. The predicted molar refractivity (Wildman–Crippen MR) is 80.1 cm³/mol. The number of phenolic OH excluding ortho intramolecular Hbond substituents is 1. The molecule has 2 aromatic rings. The zero-order chi connectivity index (χ0) is 16.1. The van der Waals surface area contributed by atoms with Crippen molar-refractivity contribution in [1.29, 1.82) is 0 Å². The first kappa shape index (κ1) is 15.6.